The molecule has 0 aliphatic rings. The van der Waals surface area contributed by atoms with E-state index in [1.165, 1.54) is 0 Å². The van der Waals surface area contributed by atoms with Crippen molar-refractivity contribution in [3.8, 4) is 0 Å². The number of nitrogens with one attached hydrogen (secondary N) is 5. The summed E-state index contributed by atoms with van der Waals surface area (Å²) in [6.07, 6.45) is 5.81. The van der Waals surface area contributed by atoms with Gasteiger partial charge in [-0.25, -0.2) is 0 Å². The zero-order chi connectivity index (χ0) is 52.7. The third-order valence-electron chi connectivity index (χ3n) is 11.0. The van der Waals surface area contributed by atoms with E-state index in [1.54, 1.807) is 6.92 Å². The number of Topliss-reactive ketones (excluding diaryl/α,β-unsaturated/α-hetero) is 3. The molecule has 0 aromatic rings. The molecule has 18 nitrogen and oxygen atoms in total. The van der Waals surface area contributed by atoms with Gasteiger partial charge in [0.1, 0.15) is 17.6 Å². The van der Waals surface area contributed by atoms with E-state index in [2.05, 4.69) is 32.3 Å². The van der Waals surface area contributed by atoms with Crippen molar-refractivity contribution in [3.63, 3.8) is 0 Å². The Balaban J connectivity index is -0.00000209. The second kappa shape index (κ2) is 42.1. The zero-order valence-electron chi connectivity index (χ0n) is 44.6. The van der Waals surface area contributed by atoms with E-state index < -0.39 is 12.1 Å². The Labute approximate surface area is 409 Å². The average Bonchev–Trinajstić information content (AvgIpc) is 3.25. The number of hydrogen-bond acceptors (Lipinski definition) is 13. The van der Waals surface area contributed by atoms with Crippen LogP contribution in [0.25, 0.3) is 0 Å². The molecule has 0 aliphatic heterocycles. The lowest BCUT2D eigenvalue weighted by Crippen LogP contribution is -2.54. The predicted molar refractivity (Wildman–Crippen MR) is 267 cm³/mol. The van der Waals surface area contributed by atoms with E-state index in [0.717, 1.165) is 25.8 Å². The van der Waals surface area contributed by atoms with E-state index in [4.69, 9.17) is 23.7 Å². The minimum atomic E-state index is -0.759. The molecule has 0 fully saturated rings. The summed E-state index contributed by atoms with van der Waals surface area (Å²) < 4.78 is 22.3. The van der Waals surface area contributed by atoms with Gasteiger partial charge in [-0.2, -0.15) is 0 Å². The standard InChI is InChI=1S/C37H71N5O9.C12H22O2.CH3NO/c1-10-12-33(45)42-37(7,8)17-21-51-29(6)14-15-31(43)39-19-22-49-24-26-50-25-23-48-20-16-32(44)41-34(27(2)3)36(47)40-30(13-11-18-38-9)35(46)28(4)5;1-6-9(4)12(14)7-11(8(2)3)10(5)13;2-1-3/h27-30,34,38H,10-26H2,1-9H3,(H,39,43)(H,40,47)(H,41,44)(H,42,45);8-9,11H,6-7H2,1-5H3;1H,(H2,2,3). The van der Waals surface area contributed by atoms with Crippen LogP contribution in [0.5, 0.6) is 0 Å². The van der Waals surface area contributed by atoms with Crippen LogP contribution in [-0.2, 0) is 57.3 Å². The first-order valence-electron chi connectivity index (χ1n) is 24.8. The van der Waals surface area contributed by atoms with Crippen molar-refractivity contribution in [3.05, 3.63) is 0 Å². The Morgan fingerprint density at radius 1 is 0.691 bits per heavy atom. The largest absolute Gasteiger partial charge is 0.379 e. The fraction of sp³-hybridized carbons (Fsp3) is 0.840. The first kappa shape index (κ1) is 68.4. The van der Waals surface area contributed by atoms with Gasteiger partial charge in [0.15, 0.2) is 5.78 Å². The number of rotatable bonds is 38. The molecule has 0 aromatic carbocycles. The van der Waals surface area contributed by atoms with E-state index >= 15 is 0 Å². The lowest BCUT2D eigenvalue weighted by atomic mass is 9.84. The molecule has 398 valence electrons. The van der Waals surface area contributed by atoms with Crippen molar-refractivity contribution in [1.29, 1.82) is 0 Å². The Morgan fingerprint density at radius 2 is 1.26 bits per heavy atom. The van der Waals surface area contributed by atoms with Crippen molar-refractivity contribution in [2.45, 2.75) is 178 Å². The molecular formula is C50H96N6O12. The van der Waals surface area contributed by atoms with Crippen molar-refractivity contribution < 1.29 is 57.3 Å². The van der Waals surface area contributed by atoms with Crippen LogP contribution in [0.4, 0.5) is 0 Å². The highest BCUT2D eigenvalue weighted by molar-refractivity contribution is 5.93. The van der Waals surface area contributed by atoms with Crippen LogP contribution < -0.4 is 32.3 Å². The van der Waals surface area contributed by atoms with Gasteiger partial charge in [-0.3, -0.25) is 38.4 Å². The molecule has 5 unspecified atom stereocenters. The zero-order valence-corrected chi connectivity index (χ0v) is 44.6. The molecular weight excluding hydrogens is 877 g/mol. The van der Waals surface area contributed by atoms with Gasteiger partial charge in [0.05, 0.1) is 51.8 Å². The van der Waals surface area contributed by atoms with Gasteiger partial charge in [0, 0.05) is 62.1 Å². The second-order valence-corrected chi connectivity index (χ2v) is 18.8. The molecule has 0 aliphatic carbocycles. The normalized spacial score (nSPS) is 13.4. The topological polar surface area (TPSA) is 260 Å². The van der Waals surface area contributed by atoms with Crippen molar-refractivity contribution >= 4 is 47.4 Å². The van der Waals surface area contributed by atoms with Gasteiger partial charge in [-0.1, -0.05) is 62.3 Å². The summed E-state index contributed by atoms with van der Waals surface area (Å²) in [6.45, 7) is 28.3. The van der Waals surface area contributed by atoms with Crippen molar-refractivity contribution in [1.82, 2.24) is 26.6 Å². The molecule has 68 heavy (non-hydrogen) atoms. The highest BCUT2D eigenvalue weighted by atomic mass is 16.5. The second-order valence-electron chi connectivity index (χ2n) is 18.8. The molecule has 7 N–H and O–H groups in total. The van der Waals surface area contributed by atoms with Gasteiger partial charge in [-0.05, 0) is 91.6 Å². The quantitative estimate of drug-likeness (QED) is 0.0365. The van der Waals surface area contributed by atoms with E-state index in [9.17, 15) is 33.6 Å². The molecule has 0 aromatic heterocycles. The van der Waals surface area contributed by atoms with Gasteiger partial charge >= 0.3 is 0 Å². The van der Waals surface area contributed by atoms with Crippen LogP contribution in [0.1, 0.15) is 154 Å². The number of primary amides is 1. The maximum Gasteiger partial charge on any atom is 0.243 e. The van der Waals surface area contributed by atoms with Gasteiger partial charge in [-0.15, -0.1) is 0 Å². The molecule has 5 amide bonds. The summed E-state index contributed by atoms with van der Waals surface area (Å²) in [5.74, 6) is -0.441. The van der Waals surface area contributed by atoms with Crippen LogP contribution in [0.15, 0.2) is 0 Å². The van der Waals surface area contributed by atoms with E-state index in [0.29, 0.717) is 84.7 Å². The van der Waals surface area contributed by atoms with Crippen molar-refractivity contribution in [2.75, 3.05) is 66.4 Å². The molecule has 0 heterocycles. The number of nitrogens with two attached hydrogens (primary N) is 1. The molecule has 0 saturated carbocycles. The number of ether oxygens (including phenoxy) is 4. The lowest BCUT2D eigenvalue weighted by Gasteiger charge is -2.27. The Morgan fingerprint density at radius 3 is 1.76 bits per heavy atom. The Kier molecular flexibility index (Phi) is 42.3. The van der Waals surface area contributed by atoms with Crippen LogP contribution in [0.2, 0.25) is 0 Å². The highest BCUT2D eigenvalue weighted by Gasteiger charge is 2.29. The maximum absolute atomic E-state index is 13.0. The fourth-order valence-electron chi connectivity index (χ4n) is 6.43. The van der Waals surface area contributed by atoms with Gasteiger partial charge < -0.3 is 51.3 Å². The predicted octanol–water partition coefficient (Wildman–Crippen LogP) is 4.62. The summed E-state index contributed by atoms with van der Waals surface area (Å²) >= 11 is 0. The molecule has 0 saturated heterocycles. The first-order chi connectivity index (χ1) is 31.9. The Hall–Kier alpha value is -3.84. The average molecular weight is 973 g/mol. The summed E-state index contributed by atoms with van der Waals surface area (Å²) in [4.78, 5) is 93.7. The van der Waals surface area contributed by atoms with Crippen LogP contribution >= 0.6 is 0 Å². The van der Waals surface area contributed by atoms with Crippen LogP contribution in [-0.4, -0.2) is 138 Å². The molecule has 5 atom stereocenters. The summed E-state index contributed by atoms with van der Waals surface area (Å²) in [7, 11) is 1.84. The van der Waals surface area contributed by atoms with E-state index in [-0.39, 0.29) is 102 Å². The van der Waals surface area contributed by atoms with Crippen LogP contribution in [0, 0.1) is 29.6 Å². The number of carbonyl (C=O) groups excluding carboxylic acids is 8. The molecule has 0 rings (SSSR count). The monoisotopic (exact) mass is 973 g/mol. The molecule has 18 heteroatoms. The minimum Gasteiger partial charge on any atom is -0.379 e. The summed E-state index contributed by atoms with van der Waals surface area (Å²) in [6, 6.07) is -1.35. The molecule has 0 radical (unpaired) electrons. The SMILES string of the molecule is CCC(C)C(=O)CC(C(C)=O)C(C)C.CCCC(=O)NC(C)(C)CCOC(C)CCC(=O)NCCOCCOCCOCCC(=O)NC(C(=O)NC(CCCNC)C(=O)C(C)C)C(C)C.NC=O. The number of ketones is 3. The molecule has 0 spiro atoms. The fourth-order valence-corrected chi connectivity index (χ4v) is 6.43. The third kappa shape index (κ3) is 38.1. The highest BCUT2D eigenvalue weighted by Crippen LogP contribution is 2.20. The summed E-state index contributed by atoms with van der Waals surface area (Å²) in [5.41, 5.74) is 3.83. The maximum atomic E-state index is 13.0. The minimum absolute atomic E-state index is 0.0218. The number of amides is 5. The van der Waals surface area contributed by atoms with Crippen LogP contribution in [0.3, 0.4) is 0 Å². The Bertz CT molecular complexity index is 1410. The van der Waals surface area contributed by atoms with Gasteiger partial charge in [0.2, 0.25) is 30.0 Å². The van der Waals surface area contributed by atoms with Crippen molar-refractivity contribution in [2.24, 2.45) is 35.3 Å². The number of hydrogen-bond donors (Lipinski definition) is 6. The number of carbonyl (C=O) groups is 8. The smallest absolute Gasteiger partial charge is 0.243 e. The summed E-state index contributed by atoms with van der Waals surface area (Å²) in [5, 5.41) is 14.6. The van der Waals surface area contributed by atoms with E-state index in [1.807, 2.05) is 90.1 Å². The lowest BCUT2D eigenvalue weighted by molar-refractivity contribution is -0.133. The molecule has 0 bridgehead atoms. The first-order valence-corrected chi connectivity index (χ1v) is 24.8. The third-order valence-corrected chi connectivity index (χ3v) is 11.0. The van der Waals surface area contributed by atoms with Gasteiger partial charge in [0.25, 0.3) is 0 Å².